The Kier molecular flexibility index (Phi) is 3.83. The third-order valence-corrected chi connectivity index (χ3v) is 2.90. The van der Waals surface area contributed by atoms with E-state index in [0.717, 1.165) is 6.07 Å². The van der Waals surface area contributed by atoms with Gasteiger partial charge in [-0.15, -0.1) is 0 Å². The van der Waals surface area contributed by atoms with Gasteiger partial charge in [0.1, 0.15) is 29.1 Å². The Morgan fingerprint density at radius 1 is 1.20 bits per heavy atom. The van der Waals surface area contributed by atoms with Gasteiger partial charge in [-0.25, -0.2) is 18.7 Å². The number of nitrogen functional groups attached to an aromatic ring is 1. The first kappa shape index (κ1) is 14.2. The minimum Gasteiger partial charge on any atom is -0.383 e. The molecule has 1 aromatic heterocycles. The molecule has 0 unspecified atom stereocenters. The maximum absolute atomic E-state index is 13.7. The van der Waals surface area contributed by atoms with E-state index >= 15 is 0 Å². The van der Waals surface area contributed by atoms with E-state index in [0.29, 0.717) is 23.0 Å². The molecule has 20 heavy (non-hydrogen) atoms. The summed E-state index contributed by atoms with van der Waals surface area (Å²) in [6.07, 6.45) is 0. The highest BCUT2D eigenvalue weighted by Crippen LogP contribution is 2.25. The molecular weight excluding hydrogens is 262 g/mol. The molecule has 0 saturated heterocycles. The Balaban J connectivity index is 2.42. The highest BCUT2D eigenvalue weighted by atomic mass is 19.1. The average Bonchev–Trinajstić information content (AvgIpc) is 2.37. The number of nitrogens with two attached hydrogens (primary N) is 1. The second-order valence-electron chi connectivity index (χ2n) is 4.84. The van der Waals surface area contributed by atoms with Gasteiger partial charge in [-0.05, 0) is 19.1 Å². The summed E-state index contributed by atoms with van der Waals surface area (Å²) in [6.45, 7) is 5.61. The van der Waals surface area contributed by atoms with Crippen molar-refractivity contribution in [2.24, 2.45) is 0 Å². The first-order valence-electron chi connectivity index (χ1n) is 6.24. The standard InChI is InChI=1S/C14H16F2N4/c1-7(2)13-19-12(17)8(3)14(20-13)18-11-5-4-9(15)6-10(11)16/h4-7H,1-3H3,(H3,17,18,19,20). The maximum Gasteiger partial charge on any atom is 0.149 e. The van der Waals surface area contributed by atoms with E-state index < -0.39 is 11.6 Å². The lowest BCUT2D eigenvalue weighted by Gasteiger charge is -2.14. The Bertz CT molecular complexity index is 641. The van der Waals surface area contributed by atoms with Gasteiger partial charge in [0, 0.05) is 17.5 Å². The normalized spacial score (nSPS) is 10.9. The second kappa shape index (κ2) is 5.40. The number of halogens is 2. The Morgan fingerprint density at radius 3 is 2.50 bits per heavy atom. The molecule has 0 aliphatic carbocycles. The van der Waals surface area contributed by atoms with Crippen LogP contribution in [0.2, 0.25) is 0 Å². The van der Waals surface area contributed by atoms with Gasteiger partial charge in [0.15, 0.2) is 0 Å². The molecule has 0 radical (unpaired) electrons. The van der Waals surface area contributed by atoms with E-state index in [-0.39, 0.29) is 11.6 Å². The SMILES string of the molecule is Cc1c(N)nc(C(C)C)nc1Nc1ccc(F)cc1F. The largest absolute Gasteiger partial charge is 0.383 e. The van der Waals surface area contributed by atoms with Crippen LogP contribution in [0.4, 0.5) is 26.1 Å². The van der Waals surface area contributed by atoms with Gasteiger partial charge in [0.2, 0.25) is 0 Å². The molecule has 2 rings (SSSR count). The molecule has 0 atom stereocenters. The molecular formula is C14H16F2N4. The number of nitrogens with zero attached hydrogens (tertiary/aromatic N) is 2. The fourth-order valence-corrected chi connectivity index (χ4v) is 1.65. The summed E-state index contributed by atoms with van der Waals surface area (Å²) in [5.74, 6) is 0.109. The first-order valence-corrected chi connectivity index (χ1v) is 6.24. The predicted molar refractivity (Wildman–Crippen MR) is 74.9 cm³/mol. The van der Waals surface area contributed by atoms with Gasteiger partial charge in [-0.3, -0.25) is 0 Å². The van der Waals surface area contributed by atoms with Crippen LogP contribution in [-0.2, 0) is 0 Å². The lowest BCUT2D eigenvalue weighted by atomic mass is 10.2. The van der Waals surface area contributed by atoms with Crippen LogP contribution in [0.25, 0.3) is 0 Å². The van der Waals surface area contributed by atoms with Crippen LogP contribution in [0.5, 0.6) is 0 Å². The van der Waals surface area contributed by atoms with Gasteiger partial charge in [0.25, 0.3) is 0 Å². The van der Waals surface area contributed by atoms with Gasteiger partial charge >= 0.3 is 0 Å². The Morgan fingerprint density at radius 2 is 1.90 bits per heavy atom. The van der Waals surface area contributed by atoms with E-state index in [4.69, 9.17) is 5.73 Å². The molecule has 0 fully saturated rings. The first-order chi connectivity index (χ1) is 9.38. The van der Waals surface area contributed by atoms with Crippen molar-refractivity contribution in [2.75, 3.05) is 11.1 Å². The van der Waals surface area contributed by atoms with Crippen molar-refractivity contribution in [3.63, 3.8) is 0 Å². The zero-order valence-electron chi connectivity index (χ0n) is 11.5. The summed E-state index contributed by atoms with van der Waals surface area (Å²) in [5.41, 5.74) is 6.59. The van der Waals surface area contributed by atoms with Gasteiger partial charge < -0.3 is 11.1 Å². The van der Waals surface area contributed by atoms with Crippen LogP contribution in [0.1, 0.15) is 31.2 Å². The number of anilines is 3. The van der Waals surface area contributed by atoms with Gasteiger partial charge in [-0.2, -0.15) is 0 Å². The summed E-state index contributed by atoms with van der Waals surface area (Å²) in [6, 6.07) is 3.30. The van der Waals surface area contributed by atoms with Crippen molar-refractivity contribution in [1.29, 1.82) is 0 Å². The zero-order valence-corrected chi connectivity index (χ0v) is 11.5. The van der Waals surface area contributed by atoms with Crippen molar-refractivity contribution in [1.82, 2.24) is 9.97 Å². The lowest BCUT2D eigenvalue weighted by Crippen LogP contribution is -2.08. The molecule has 2 aromatic rings. The summed E-state index contributed by atoms with van der Waals surface area (Å²) in [5, 5.41) is 2.83. The van der Waals surface area contributed by atoms with Crippen molar-refractivity contribution in [3.8, 4) is 0 Å². The van der Waals surface area contributed by atoms with Gasteiger partial charge in [-0.1, -0.05) is 13.8 Å². The van der Waals surface area contributed by atoms with Crippen LogP contribution >= 0.6 is 0 Å². The van der Waals surface area contributed by atoms with Crippen LogP contribution in [0.3, 0.4) is 0 Å². The molecule has 0 spiro atoms. The molecule has 106 valence electrons. The molecule has 0 aliphatic rings. The number of hydrogen-bond donors (Lipinski definition) is 2. The number of hydrogen-bond acceptors (Lipinski definition) is 4. The number of aromatic nitrogens is 2. The van der Waals surface area contributed by atoms with Crippen LogP contribution in [-0.4, -0.2) is 9.97 Å². The van der Waals surface area contributed by atoms with Crippen molar-refractivity contribution >= 4 is 17.3 Å². The number of nitrogens with one attached hydrogen (secondary N) is 1. The van der Waals surface area contributed by atoms with E-state index in [1.807, 2.05) is 13.8 Å². The fourth-order valence-electron chi connectivity index (χ4n) is 1.65. The summed E-state index contributed by atoms with van der Waals surface area (Å²) in [4.78, 5) is 8.51. The molecule has 0 bridgehead atoms. The lowest BCUT2D eigenvalue weighted by molar-refractivity contribution is 0.586. The minimum absolute atomic E-state index is 0.0940. The van der Waals surface area contributed by atoms with Crippen molar-refractivity contribution in [2.45, 2.75) is 26.7 Å². The van der Waals surface area contributed by atoms with Crippen molar-refractivity contribution in [3.05, 3.63) is 41.2 Å². The third kappa shape index (κ3) is 2.84. The second-order valence-corrected chi connectivity index (χ2v) is 4.84. The van der Waals surface area contributed by atoms with E-state index in [2.05, 4.69) is 15.3 Å². The number of benzene rings is 1. The van der Waals surface area contributed by atoms with Crippen LogP contribution in [0.15, 0.2) is 18.2 Å². The molecule has 0 amide bonds. The van der Waals surface area contributed by atoms with Crippen molar-refractivity contribution < 1.29 is 8.78 Å². The molecule has 0 saturated carbocycles. The average molecular weight is 278 g/mol. The third-order valence-electron chi connectivity index (χ3n) is 2.90. The monoisotopic (exact) mass is 278 g/mol. The fraction of sp³-hybridized carbons (Fsp3) is 0.286. The molecule has 4 nitrogen and oxygen atoms in total. The Hall–Kier alpha value is -2.24. The maximum atomic E-state index is 13.7. The molecule has 1 aromatic carbocycles. The smallest absolute Gasteiger partial charge is 0.149 e. The zero-order chi connectivity index (χ0) is 14.9. The summed E-state index contributed by atoms with van der Waals surface area (Å²) < 4.78 is 26.5. The molecule has 6 heteroatoms. The molecule has 0 aliphatic heterocycles. The van der Waals surface area contributed by atoms with E-state index in [1.54, 1.807) is 6.92 Å². The Labute approximate surface area is 116 Å². The minimum atomic E-state index is -0.687. The predicted octanol–water partition coefficient (Wildman–Crippen LogP) is 3.51. The van der Waals surface area contributed by atoms with Crippen LogP contribution < -0.4 is 11.1 Å². The van der Waals surface area contributed by atoms with Crippen LogP contribution in [0, 0.1) is 18.6 Å². The van der Waals surface area contributed by atoms with E-state index in [1.165, 1.54) is 12.1 Å². The summed E-state index contributed by atoms with van der Waals surface area (Å²) >= 11 is 0. The van der Waals surface area contributed by atoms with Gasteiger partial charge in [0.05, 0.1) is 5.69 Å². The molecule has 1 heterocycles. The highest BCUT2D eigenvalue weighted by Gasteiger charge is 2.13. The number of rotatable bonds is 3. The highest BCUT2D eigenvalue weighted by molar-refractivity contribution is 5.64. The quantitative estimate of drug-likeness (QED) is 0.901. The summed E-state index contributed by atoms with van der Waals surface area (Å²) in [7, 11) is 0. The van der Waals surface area contributed by atoms with E-state index in [9.17, 15) is 8.78 Å². The topological polar surface area (TPSA) is 63.8 Å². The molecule has 3 N–H and O–H groups in total.